The van der Waals surface area contributed by atoms with Crippen molar-refractivity contribution in [2.75, 3.05) is 11.9 Å². The normalized spacial score (nSPS) is 13.7. The topological polar surface area (TPSA) is 63.5 Å². The Bertz CT molecular complexity index is 991. The number of hydrogen-bond acceptors (Lipinski definition) is 2. The number of fused-ring (bicyclic) bond motifs is 1. The van der Waals surface area contributed by atoms with Crippen molar-refractivity contribution in [2.24, 2.45) is 5.92 Å². The van der Waals surface area contributed by atoms with E-state index in [1.807, 2.05) is 25.1 Å². The zero-order valence-corrected chi connectivity index (χ0v) is 16.6. The summed E-state index contributed by atoms with van der Waals surface area (Å²) in [5, 5.41) is 12.4. The number of carboxylic acid groups (broad SMARTS) is 1. The first-order valence-electron chi connectivity index (χ1n) is 9.11. The van der Waals surface area contributed by atoms with Crippen molar-refractivity contribution < 1.29 is 14.6 Å². The van der Waals surface area contributed by atoms with Crippen LogP contribution in [0, 0.1) is 5.92 Å². The number of nitrogens with zero attached hydrogens (tertiary/aromatic N) is 1. The molecule has 27 heavy (non-hydrogen) atoms. The minimum atomic E-state index is -1.06. The van der Waals surface area contributed by atoms with Gasteiger partial charge in [-0.05, 0) is 71.4 Å². The molecule has 1 aromatic heterocycles. The van der Waals surface area contributed by atoms with Crippen LogP contribution in [0.15, 0.2) is 46.9 Å². The monoisotopic (exact) mass is 428 g/mol. The van der Waals surface area contributed by atoms with E-state index in [2.05, 4.69) is 37.9 Å². The molecular formula is C21H21BrN2O3. The van der Waals surface area contributed by atoms with Crippen LogP contribution in [0.25, 0.3) is 22.2 Å². The van der Waals surface area contributed by atoms with Gasteiger partial charge in [-0.2, -0.15) is 0 Å². The van der Waals surface area contributed by atoms with Crippen LogP contribution in [0.1, 0.15) is 19.8 Å². The van der Waals surface area contributed by atoms with Gasteiger partial charge in [0.25, 0.3) is 0 Å². The fourth-order valence-corrected chi connectivity index (χ4v) is 4.19. The highest BCUT2D eigenvalue weighted by Gasteiger charge is 2.26. The molecule has 1 fully saturated rings. The number of halogens is 1. The predicted molar refractivity (Wildman–Crippen MR) is 111 cm³/mol. The molecule has 5 nitrogen and oxygen atoms in total. The predicted octanol–water partition coefficient (Wildman–Crippen LogP) is 5.97. The van der Waals surface area contributed by atoms with Gasteiger partial charge in [-0.25, -0.2) is 4.79 Å². The average molecular weight is 429 g/mol. The lowest BCUT2D eigenvalue weighted by Crippen LogP contribution is -2.07. The SMILES string of the molecule is CCOc1ccc2c(Br)c(-c3ccc(NC(=O)O)cc3)n(CC3CC3)c2c1. The summed E-state index contributed by atoms with van der Waals surface area (Å²) in [6, 6.07) is 13.7. The number of rotatable bonds is 6. The van der Waals surface area contributed by atoms with Crippen LogP contribution in [0.2, 0.25) is 0 Å². The summed E-state index contributed by atoms with van der Waals surface area (Å²) in [6.07, 6.45) is 1.47. The molecule has 1 heterocycles. The highest BCUT2D eigenvalue weighted by molar-refractivity contribution is 9.10. The third kappa shape index (κ3) is 3.67. The molecule has 0 saturated heterocycles. The highest BCUT2D eigenvalue weighted by Crippen LogP contribution is 2.42. The van der Waals surface area contributed by atoms with Gasteiger partial charge in [0.1, 0.15) is 5.75 Å². The Hall–Kier alpha value is -2.47. The van der Waals surface area contributed by atoms with Crippen LogP contribution in [-0.2, 0) is 6.54 Å². The van der Waals surface area contributed by atoms with Crippen molar-refractivity contribution in [2.45, 2.75) is 26.3 Å². The lowest BCUT2D eigenvalue weighted by Gasteiger charge is -2.12. The van der Waals surface area contributed by atoms with Crippen LogP contribution >= 0.6 is 15.9 Å². The molecule has 140 valence electrons. The maximum absolute atomic E-state index is 10.8. The Kier molecular flexibility index (Phi) is 4.83. The molecule has 1 aliphatic carbocycles. The molecule has 2 aromatic carbocycles. The molecule has 2 N–H and O–H groups in total. The van der Waals surface area contributed by atoms with Gasteiger partial charge in [-0.1, -0.05) is 12.1 Å². The number of hydrogen-bond donors (Lipinski definition) is 2. The Morgan fingerprint density at radius 1 is 1.26 bits per heavy atom. The van der Waals surface area contributed by atoms with Crippen LogP contribution in [0.5, 0.6) is 5.75 Å². The second-order valence-corrected chi connectivity index (χ2v) is 7.63. The van der Waals surface area contributed by atoms with Crippen molar-refractivity contribution in [3.8, 4) is 17.0 Å². The molecule has 0 unspecified atom stereocenters. The van der Waals surface area contributed by atoms with Gasteiger partial charge >= 0.3 is 6.09 Å². The molecule has 0 aliphatic heterocycles. The standard InChI is InChI=1S/C21H21BrN2O3/c1-2-27-16-9-10-17-18(11-16)24(12-13-3-4-13)20(19(17)22)14-5-7-15(8-6-14)23-21(25)26/h5-11,13,23H,2-4,12H2,1H3,(H,25,26). The van der Waals surface area contributed by atoms with Crippen LogP contribution < -0.4 is 10.1 Å². The number of anilines is 1. The second kappa shape index (κ2) is 7.27. The minimum absolute atomic E-state index is 0.561. The Labute approximate surface area is 166 Å². The molecule has 1 amide bonds. The second-order valence-electron chi connectivity index (χ2n) is 6.84. The van der Waals surface area contributed by atoms with Gasteiger partial charge in [-0.3, -0.25) is 5.32 Å². The molecule has 0 bridgehead atoms. The van der Waals surface area contributed by atoms with Gasteiger partial charge < -0.3 is 14.4 Å². The molecule has 0 radical (unpaired) electrons. The molecule has 1 aliphatic rings. The lowest BCUT2D eigenvalue weighted by molar-refractivity contribution is 0.210. The zero-order chi connectivity index (χ0) is 19.0. The fraction of sp³-hybridized carbons (Fsp3) is 0.286. The number of benzene rings is 2. The maximum Gasteiger partial charge on any atom is 0.409 e. The Morgan fingerprint density at radius 3 is 2.63 bits per heavy atom. The Balaban J connectivity index is 1.82. The summed E-state index contributed by atoms with van der Waals surface area (Å²) in [5.41, 5.74) is 3.88. The molecule has 3 aromatic rings. The maximum atomic E-state index is 10.8. The molecule has 0 atom stereocenters. The van der Waals surface area contributed by atoms with E-state index < -0.39 is 6.09 Å². The summed E-state index contributed by atoms with van der Waals surface area (Å²) in [7, 11) is 0. The van der Waals surface area contributed by atoms with Gasteiger partial charge in [0.15, 0.2) is 0 Å². The quantitative estimate of drug-likeness (QED) is 0.508. The van der Waals surface area contributed by atoms with E-state index in [0.29, 0.717) is 12.3 Å². The molecule has 4 rings (SSSR count). The van der Waals surface area contributed by atoms with Crippen molar-refractivity contribution in [3.05, 3.63) is 46.9 Å². The summed E-state index contributed by atoms with van der Waals surface area (Å²) < 4.78 is 9.12. The first-order chi connectivity index (χ1) is 13.1. The van der Waals surface area contributed by atoms with Crippen molar-refractivity contribution >= 4 is 38.6 Å². The fourth-order valence-electron chi connectivity index (χ4n) is 3.41. The number of carbonyl (C=O) groups is 1. The van der Waals surface area contributed by atoms with E-state index >= 15 is 0 Å². The van der Waals surface area contributed by atoms with Gasteiger partial charge in [-0.15, -0.1) is 0 Å². The van der Waals surface area contributed by atoms with E-state index in [4.69, 9.17) is 9.84 Å². The third-order valence-electron chi connectivity index (χ3n) is 4.83. The zero-order valence-electron chi connectivity index (χ0n) is 15.0. The summed E-state index contributed by atoms with van der Waals surface area (Å²) >= 11 is 3.80. The van der Waals surface area contributed by atoms with Gasteiger partial charge in [0.2, 0.25) is 0 Å². The third-order valence-corrected chi connectivity index (χ3v) is 5.64. The van der Waals surface area contributed by atoms with E-state index in [0.717, 1.165) is 44.8 Å². The van der Waals surface area contributed by atoms with E-state index in [1.165, 1.54) is 12.8 Å². The van der Waals surface area contributed by atoms with Crippen LogP contribution in [-0.4, -0.2) is 22.4 Å². The van der Waals surface area contributed by atoms with Gasteiger partial charge in [0, 0.05) is 23.7 Å². The largest absolute Gasteiger partial charge is 0.494 e. The average Bonchev–Trinajstić information content (AvgIpc) is 3.42. The van der Waals surface area contributed by atoms with E-state index in [1.54, 1.807) is 12.1 Å². The smallest absolute Gasteiger partial charge is 0.409 e. The van der Waals surface area contributed by atoms with Crippen molar-refractivity contribution in [1.29, 1.82) is 0 Å². The van der Waals surface area contributed by atoms with Crippen LogP contribution in [0.4, 0.5) is 10.5 Å². The number of amides is 1. The minimum Gasteiger partial charge on any atom is -0.494 e. The van der Waals surface area contributed by atoms with Gasteiger partial charge in [0.05, 0.1) is 22.3 Å². The molecule has 1 saturated carbocycles. The highest BCUT2D eigenvalue weighted by atomic mass is 79.9. The molecule has 0 spiro atoms. The van der Waals surface area contributed by atoms with Crippen molar-refractivity contribution in [3.63, 3.8) is 0 Å². The Morgan fingerprint density at radius 2 is 2.00 bits per heavy atom. The number of nitrogens with one attached hydrogen (secondary N) is 1. The van der Waals surface area contributed by atoms with Crippen molar-refractivity contribution in [1.82, 2.24) is 4.57 Å². The lowest BCUT2D eigenvalue weighted by atomic mass is 10.1. The first kappa shape index (κ1) is 17.9. The van der Waals surface area contributed by atoms with E-state index in [-0.39, 0.29) is 0 Å². The molecule has 6 heteroatoms. The summed E-state index contributed by atoms with van der Waals surface area (Å²) in [6.45, 7) is 3.60. The van der Waals surface area contributed by atoms with E-state index in [9.17, 15) is 4.79 Å². The summed E-state index contributed by atoms with van der Waals surface area (Å²) in [4.78, 5) is 10.8. The number of ether oxygens (including phenoxy) is 1. The number of aromatic nitrogens is 1. The molecular weight excluding hydrogens is 408 g/mol. The summed E-state index contributed by atoms with van der Waals surface area (Å²) in [5.74, 6) is 1.59. The first-order valence-corrected chi connectivity index (χ1v) is 9.91. The van der Waals surface area contributed by atoms with Crippen LogP contribution in [0.3, 0.4) is 0 Å².